The first-order valence-corrected chi connectivity index (χ1v) is 7.06. The Labute approximate surface area is 124 Å². The molecule has 2 aromatic rings. The third kappa shape index (κ3) is 2.72. The molecule has 0 unspecified atom stereocenters. The van der Waals surface area contributed by atoms with Gasteiger partial charge in [-0.15, -0.1) is 0 Å². The summed E-state index contributed by atoms with van der Waals surface area (Å²) in [4.78, 5) is 16.0. The van der Waals surface area contributed by atoms with Crippen molar-refractivity contribution in [1.29, 1.82) is 0 Å². The third-order valence-electron chi connectivity index (χ3n) is 3.95. The van der Waals surface area contributed by atoms with Crippen LogP contribution in [0.25, 0.3) is 0 Å². The summed E-state index contributed by atoms with van der Waals surface area (Å²) in [7, 11) is 0. The molecule has 3 rings (SSSR count). The van der Waals surface area contributed by atoms with Gasteiger partial charge in [0.25, 0.3) is 0 Å². The highest BCUT2D eigenvalue weighted by Gasteiger charge is 2.35. The molecular formula is C18H17NO2. The van der Waals surface area contributed by atoms with Crippen molar-refractivity contribution in [1.82, 2.24) is 0 Å². The van der Waals surface area contributed by atoms with E-state index in [-0.39, 0.29) is 5.92 Å². The Balaban J connectivity index is 1.93. The number of carbonyl (C=O) groups is 1. The van der Waals surface area contributed by atoms with Crippen LogP contribution in [0.4, 0.5) is 0 Å². The lowest BCUT2D eigenvalue weighted by Gasteiger charge is -2.14. The van der Waals surface area contributed by atoms with Crippen LogP contribution in [-0.4, -0.2) is 22.8 Å². The van der Waals surface area contributed by atoms with E-state index in [1.165, 1.54) is 5.56 Å². The molecule has 0 amide bonds. The highest BCUT2D eigenvalue weighted by atomic mass is 16.4. The maximum atomic E-state index is 11.5. The first-order valence-electron chi connectivity index (χ1n) is 7.06. The molecule has 1 heterocycles. The zero-order valence-electron chi connectivity index (χ0n) is 11.9. The molecule has 106 valence electrons. The highest BCUT2D eigenvalue weighted by Crippen LogP contribution is 2.33. The van der Waals surface area contributed by atoms with Crippen molar-refractivity contribution >= 4 is 11.7 Å². The SMILES string of the molecule is Cc1ccc(C2=N[C@H](C(=O)O)[C@@H](c3ccccc3)C2)cc1. The maximum absolute atomic E-state index is 11.5. The van der Waals surface area contributed by atoms with Crippen LogP contribution >= 0.6 is 0 Å². The Morgan fingerprint density at radius 3 is 2.38 bits per heavy atom. The van der Waals surface area contributed by atoms with Gasteiger partial charge in [-0.25, -0.2) is 4.79 Å². The second kappa shape index (κ2) is 5.52. The minimum atomic E-state index is -0.856. The molecule has 3 heteroatoms. The number of hydrogen-bond acceptors (Lipinski definition) is 2. The Morgan fingerprint density at radius 2 is 1.76 bits per heavy atom. The molecular weight excluding hydrogens is 262 g/mol. The largest absolute Gasteiger partial charge is 0.480 e. The molecule has 0 aliphatic carbocycles. The third-order valence-corrected chi connectivity index (χ3v) is 3.95. The van der Waals surface area contributed by atoms with Gasteiger partial charge in [0.1, 0.15) is 0 Å². The summed E-state index contributed by atoms with van der Waals surface area (Å²) in [6.07, 6.45) is 0.671. The van der Waals surface area contributed by atoms with Gasteiger partial charge in [0, 0.05) is 11.6 Å². The van der Waals surface area contributed by atoms with Crippen LogP contribution in [0.1, 0.15) is 29.0 Å². The standard InChI is InChI=1S/C18H17NO2/c1-12-7-9-14(10-8-12)16-11-15(17(19-16)18(20)21)13-5-3-2-4-6-13/h2-10,15,17H,11H2,1H3,(H,20,21)/t15-,17+/m1/s1. The second-order valence-electron chi connectivity index (χ2n) is 5.45. The summed E-state index contributed by atoms with van der Waals surface area (Å²) in [5.41, 5.74) is 4.13. The summed E-state index contributed by atoms with van der Waals surface area (Å²) in [6.45, 7) is 2.03. The van der Waals surface area contributed by atoms with Gasteiger partial charge >= 0.3 is 5.97 Å². The molecule has 0 radical (unpaired) electrons. The highest BCUT2D eigenvalue weighted by molar-refractivity contribution is 6.04. The summed E-state index contributed by atoms with van der Waals surface area (Å²) >= 11 is 0. The fraction of sp³-hybridized carbons (Fsp3) is 0.222. The normalized spacial score (nSPS) is 21.1. The van der Waals surface area contributed by atoms with Crippen molar-refractivity contribution in [3.63, 3.8) is 0 Å². The van der Waals surface area contributed by atoms with Crippen LogP contribution in [0, 0.1) is 6.92 Å². The number of aryl methyl sites for hydroxylation is 1. The van der Waals surface area contributed by atoms with Crippen molar-refractivity contribution in [3.05, 3.63) is 71.3 Å². The van der Waals surface area contributed by atoms with Crippen molar-refractivity contribution in [2.45, 2.75) is 25.3 Å². The van der Waals surface area contributed by atoms with Crippen LogP contribution < -0.4 is 0 Å². The topological polar surface area (TPSA) is 49.7 Å². The minimum Gasteiger partial charge on any atom is -0.480 e. The van der Waals surface area contributed by atoms with E-state index in [4.69, 9.17) is 0 Å². The van der Waals surface area contributed by atoms with Gasteiger partial charge < -0.3 is 5.11 Å². The van der Waals surface area contributed by atoms with E-state index in [0.29, 0.717) is 6.42 Å². The van der Waals surface area contributed by atoms with Gasteiger partial charge in [-0.1, -0.05) is 60.2 Å². The lowest BCUT2D eigenvalue weighted by Crippen LogP contribution is -2.22. The van der Waals surface area contributed by atoms with Gasteiger partial charge in [0.2, 0.25) is 0 Å². The average Bonchev–Trinajstić information content (AvgIpc) is 2.94. The summed E-state index contributed by atoms with van der Waals surface area (Å²) in [6, 6.07) is 17.2. The summed E-state index contributed by atoms with van der Waals surface area (Å²) in [5, 5.41) is 9.45. The Kier molecular flexibility index (Phi) is 3.57. The molecule has 0 bridgehead atoms. The Hall–Kier alpha value is -2.42. The number of carboxylic acid groups (broad SMARTS) is 1. The number of aliphatic carboxylic acids is 1. The molecule has 2 aromatic carbocycles. The molecule has 0 aromatic heterocycles. The number of rotatable bonds is 3. The van der Waals surface area contributed by atoms with E-state index in [1.54, 1.807) is 0 Å². The zero-order chi connectivity index (χ0) is 14.8. The van der Waals surface area contributed by atoms with Gasteiger partial charge in [-0.3, -0.25) is 4.99 Å². The van der Waals surface area contributed by atoms with Gasteiger partial charge in [0.05, 0.1) is 0 Å². The van der Waals surface area contributed by atoms with Crippen molar-refractivity contribution in [2.24, 2.45) is 4.99 Å². The molecule has 1 aliphatic rings. The van der Waals surface area contributed by atoms with Gasteiger partial charge in [-0.2, -0.15) is 0 Å². The van der Waals surface area contributed by atoms with E-state index in [2.05, 4.69) is 4.99 Å². The molecule has 21 heavy (non-hydrogen) atoms. The van der Waals surface area contributed by atoms with E-state index in [1.807, 2.05) is 61.5 Å². The predicted octanol–water partition coefficient (Wildman–Crippen LogP) is 3.42. The van der Waals surface area contributed by atoms with Crippen molar-refractivity contribution < 1.29 is 9.90 Å². The maximum Gasteiger partial charge on any atom is 0.329 e. The fourth-order valence-electron chi connectivity index (χ4n) is 2.80. The monoisotopic (exact) mass is 279 g/mol. The van der Waals surface area contributed by atoms with Crippen LogP contribution in [0.2, 0.25) is 0 Å². The lowest BCUT2D eigenvalue weighted by atomic mass is 9.89. The molecule has 0 spiro atoms. The summed E-state index contributed by atoms with van der Waals surface area (Å²) < 4.78 is 0. The molecule has 3 nitrogen and oxygen atoms in total. The first-order chi connectivity index (χ1) is 10.1. The second-order valence-corrected chi connectivity index (χ2v) is 5.45. The van der Waals surface area contributed by atoms with Crippen LogP contribution in [0.15, 0.2) is 59.6 Å². The molecule has 1 N–H and O–H groups in total. The number of benzene rings is 2. The van der Waals surface area contributed by atoms with Crippen LogP contribution in [0.3, 0.4) is 0 Å². The lowest BCUT2D eigenvalue weighted by molar-refractivity contribution is -0.138. The van der Waals surface area contributed by atoms with E-state index < -0.39 is 12.0 Å². The average molecular weight is 279 g/mol. The van der Waals surface area contributed by atoms with E-state index in [0.717, 1.165) is 16.8 Å². The van der Waals surface area contributed by atoms with Crippen LogP contribution in [-0.2, 0) is 4.79 Å². The molecule has 0 saturated heterocycles. The predicted molar refractivity (Wildman–Crippen MR) is 82.9 cm³/mol. The number of hydrogen-bond donors (Lipinski definition) is 1. The first kappa shape index (κ1) is 13.6. The quantitative estimate of drug-likeness (QED) is 0.935. The van der Waals surface area contributed by atoms with Gasteiger partial charge in [-0.05, 0) is 24.5 Å². The molecule has 1 aliphatic heterocycles. The van der Waals surface area contributed by atoms with Crippen LogP contribution in [0.5, 0.6) is 0 Å². The number of carboxylic acids is 1. The van der Waals surface area contributed by atoms with E-state index >= 15 is 0 Å². The molecule has 0 saturated carbocycles. The fourth-order valence-corrected chi connectivity index (χ4v) is 2.80. The van der Waals surface area contributed by atoms with Crippen molar-refractivity contribution in [3.8, 4) is 0 Å². The smallest absolute Gasteiger partial charge is 0.329 e. The summed E-state index contributed by atoms with van der Waals surface area (Å²) in [5.74, 6) is -0.939. The molecule has 0 fully saturated rings. The van der Waals surface area contributed by atoms with E-state index in [9.17, 15) is 9.90 Å². The minimum absolute atomic E-state index is 0.0833. The number of nitrogens with zero attached hydrogens (tertiary/aromatic N) is 1. The van der Waals surface area contributed by atoms with Gasteiger partial charge in [0.15, 0.2) is 6.04 Å². The zero-order valence-corrected chi connectivity index (χ0v) is 11.9. The van der Waals surface area contributed by atoms with Crippen molar-refractivity contribution in [2.75, 3.05) is 0 Å². The number of aliphatic imine (C=N–C) groups is 1. The Morgan fingerprint density at radius 1 is 1.10 bits per heavy atom. The Bertz CT molecular complexity index is 674. The molecule has 2 atom stereocenters.